The average molecular weight is 410 g/mol. The molecule has 2 aromatic carbocycles. The van der Waals surface area contributed by atoms with Gasteiger partial charge in [0, 0.05) is 23.4 Å². The highest BCUT2D eigenvalue weighted by Gasteiger charge is 2.29. The second-order valence-corrected chi connectivity index (χ2v) is 7.54. The van der Waals surface area contributed by atoms with Crippen LogP contribution in [-0.4, -0.2) is 41.6 Å². The van der Waals surface area contributed by atoms with E-state index in [1.165, 1.54) is 22.7 Å². The Bertz CT molecular complexity index is 1030. The fourth-order valence-corrected chi connectivity index (χ4v) is 4.00. The molecule has 1 saturated heterocycles. The van der Waals surface area contributed by atoms with Gasteiger partial charge in [-0.2, -0.15) is 0 Å². The molecule has 148 valence electrons. The molecule has 0 radical (unpaired) electrons. The van der Waals surface area contributed by atoms with Crippen LogP contribution in [0.25, 0.3) is 0 Å². The van der Waals surface area contributed by atoms with Gasteiger partial charge in [0.2, 0.25) is 18.6 Å². The Morgan fingerprint density at radius 3 is 2.79 bits per heavy atom. The van der Waals surface area contributed by atoms with Crippen molar-refractivity contribution in [1.29, 1.82) is 0 Å². The monoisotopic (exact) mass is 410 g/mol. The van der Waals surface area contributed by atoms with Gasteiger partial charge in [-0.1, -0.05) is 36.0 Å². The van der Waals surface area contributed by atoms with Crippen LogP contribution in [0.4, 0.5) is 5.69 Å². The SMILES string of the molecule is Cc1ccccc1C(=O)/C=C1\SCC(=O)N1CC(=O)Nc1ccc2c(c1)OCO2. The standard InChI is InChI=1S/C21H18N2O5S/c1-13-4-2-3-5-15(13)16(24)9-21-23(20(26)11-29-21)10-19(25)22-14-6-7-17-18(8-14)28-12-27-17/h2-9H,10-12H2,1H3,(H,22,25)/b21-9-. The maximum atomic E-state index is 12.6. The topological polar surface area (TPSA) is 84.9 Å². The summed E-state index contributed by atoms with van der Waals surface area (Å²) in [5, 5.41) is 3.22. The first-order valence-corrected chi connectivity index (χ1v) is 9.94. The number of fused-ring (bicyclic) bond motifs is 1. The number of amides is 2. The highest BCUT2D eigenvalue weighted by atomic mass is 32.2. The number of nitrogens with zero attached hydrogens (tertiary/aromatic N) is 1. The number of carbonyl (C=O) groups is 3. The number of benzene rings is 2. The molecule has 0 bridgehead atoms. The fourth-order valence-electron chi connectivity index (χ4n) is 3.06. The van der Waals surface area contributed by atoms with E-state index in [0.29, 0.717) is 27.8 Å². The molecule has 2 aromatic rings. The number of aryl methyl sites for hydroxylation is 1. The van der Waals surface area contributed by atoms with Crippen LogP contribution in [0, 0.1) is 6.92 Å². The second-order valence-electron chi connectivity index (χ2n) is 6.55. The number of anilines is 1. The number of ether oxygens (including phenoxy) is 2. The molecule has 2 heterocycles. The normalized spacial score (nSPS) is 16.4. The molecule has 4 rings (SSSR count). The summed E-state index contributed by atoms with van der Waals surface area (Å²) in [6.45, 7) is 1.83. The van der Waals surface area contributed by atoms with Gasteiger partial charge in [-0.05, 0) is 24.6 Å². The van der Waals surface area contributed by atoms with Crippen LogP contribution in [0.15, 0.2) is 53.6 Å². The third-order valence-corrected chi connectivity index (χ3v) is 5.56. The summed E-state index contributed by atoms with van der Waals surface area (Å²) in [6, 6.07) is 12.3. The van der Waals surface area contributed by atoms with E-state index < -0.39 is 0 Å². The quantitative estimate of drug-likeness (QED) is 0.603. The summed E-state index contributed by atoms with van der Waals surface area (Å²) in [6.07, 6.45) is 1.42. The molecule has 2 aliphatic heterocycles. The minimum Gasteiger partial charge on any atom is -0.454 e. The zero-order valence-corrected chi connectivity index (χ0v) is 16.5. The number of carbonyl (C=O) groups excluding carboxylic acids is 3. The van der Waals surface area contributed by atoms with Crippen molar-refractivity contribution in [2.75, 3.05) is 24.4 Å². The number of rotatable bonds is 5. The predicted molar refractivity (Wildman–Crippen MR) is 109 cm³/mol. The van der Waals surface area contributed by atoms with E-state index in [1.807, 2.05) is 19.1 Å². The molecular weight excluding hydrogens is 392 g/mol. The molecule has 0 unspecified atom stereocenters. The van der Waals surface area contributed by atoms with E-state index in [4.69, 9.17) is 9.47 Å². The highest BCUT2D eigenvalue weighted by Crippen LogP contribution is 2.34. The first-order valence-electron chi connectivity index (χ1n) is 8.95. The number of ketones is 1. The summed E-state index contributed by atoms with van der Waals surface area (Å²) in [5.74, 6) is 0.605. The van der Waals surface area contributed by atoms with Gasteiger partial charge < -0.3 is 14.8 Å². The van der Waals surface area contributed by atoms with Gasteiger partial charge in [-0.15, -0.1) is 0 Å². The number of allylic oxidation sites excluding steroid dienone is 1. The number of hydrogen-bond acceptors (Lipinski definition) is 6. The van der Waals surface area contributed by atoms with Gasteiger partial charge >= 0.3 is 0 Å². The number of nitrogens with one attached hydrogen (secondary N) is 1. The van der Waals surface area contributed by atoms with Gasteiger partial charge in [0.15, 0.2) is 17.3 Å². The van der Waals surface area contributed by atoms with Gasteiger partial charge in [0.1, 0.15) is 6.54 Å². The van der Waals surface area contributed by atoms with Crippen molar-refractivity contribution in [3.05, 3.63) is 64.7 Å². The average Bonchev–Trinajstić information content (AvgIpc) is 3.29. The van der Waals surface area contributed by atoms with Gasteiger partial charge in [-0.25, -0.2) is 0 Å². The van der Waals surface area contributed by atoms with Crippen molar-refractivity contribution in [1.82, 2.24) is 4.90 Å². The lowest BCUT2D eigenvalue weighted by Crippen LogP contribution is -2.34. The van der Waals surface area contributed by atoms with Crippen LogP contribution >= 0.6 is 11.8 Å². The first-order chi connectivity index (χ1) is 14.0. The summed E-state index contributed by atoms with van der Waals surface area (Å²) >= 11 is 1.25. The van der Waals surface area contributed by atoms with E-state index in [-0.39, 0.29) is 36.7 Å². The number of hydrogen-bond donors (Lipinski definition) is 1. The minimum absolute atomic E-state index is 0.148. The van der Waals surface area contributed by atoms with Crippen LogP contribution in [0.5, 0.6) is 11.5 Å². The van der Waals surface area contributed by atoms with Crippen molar-refractivity contribution in [2.24, 2.45) is 0 Å². The van der Waals surface area contributed by atoms with Gasteiger partial charge in [-0.3, -0.25) is 19.3 Å². The smallest absolute Gasteiger partial charge is 0.244 e. The molecule has 0 aliphatic carbocycles. The van der Waals surface area contributed by atoms with Crippen molar-refractivity contribution >= 4 is 35.0 Å². The zero-order chi connectivity index (χ0) is 20.4. The lowest BCUT2D eigenvalue weighted by Gasteiger charge is -2.17. The Morgan fingerprint density at radius 2 is 1.97 bits per heavy atom. The van der Waals surface area contributed by atoms with Crippen molar-refractivity contribution in [2.45, 2.75) is 6.92 Å². The van der Waals surface area contributed by atoms with Crippen LogP contribution < -0.4 is 14.8 Å². The first kappa shape index (κ1) is 19.1. The van der Waals surface area contributed by atoms with Crippen LogP contribution in [0.2, 0.25) is 0 Å². The molecule has 7 nitrogen and oxygen atoms in total. The molecule has 2 aliphatic rings. The molecule has 2 amide bonds. The Labute approximate surface area is 171 Å². The zero-order valence-electron chi connectivity index (χ0n) is 15.6. The molecule has 0 saturated carbocycles. The third-order valence-electron chi connectivity index (χ3n) is 4.53. The van der Waals surface area contributed by atoms with E-state index in [1.54, 1.807) is 30.3 Å². The van der Waals surface area contributed by atoms with Crippen LogP contribution in [0.3, 0.4) is 0 Å². The van der Waals surface area contributed by atoms with Gasteiger partial charge in [0.05, 0.1) is 10.8 Å². The minimum atomic E-state index is -0.367. The highest BCUT2D eigenvalue weighted by molar-refractivity contribution is 8.04. The van der Waals surface area contributed by atoms with Crippen molar-refractivity contribution < 1.29 is 23.9 Å². The third kappa shape index (κ3) is 4.12. The summed E-state index contributed by atoms with van der Waals surface area (Å²) in [4.78, 5) is 38.7. The number of thioether (sulfide) groups is 1. The van der Waals surface area contributed by atoms with E-state index >= 15 is 0 Å². The Hall–Kier alpha value is -3.26. The van der Waals surface area contributed by atoms with Crippen LogP contribution in [-0.2, 0) is 9.59 Å². The predicted octanol–water partition coefficient (Wildman–Crippen LogP) is 2.96. The maximum absolute atomic E-state index is 12.6. The largest absolute Gasteiger partial charge is 0.454 e. The van der Waals surface area contributed by atoms with Crippen molar-refractivity contribution in [3.8, 4) is 11.5 Å². The van der Waals surface area contributed by atoms with E-state index in [0.717, 1.165) is 5.56 Å². The van der Waals surface area contributed by atoms with Crippen LogP contribution in [0.1, 0.15) is 15.9 Å². The molecule has 0 atom stereocenters. The molecule has 1 N–H and O–H groups in total. The lowest BCUT2D eigenvalue weighted by atomic mass is 10.1. The molecule has 8 heteroatoms. The van der Waals surface area contributed by atoms with Crippen molar-refractivity contribution in [3.63, 3.8) is 0 Å². The van der Waals surface area contributed by atoms with Gasteiger partial charge in [0.25, 0.3) is 0 Å². The second kappa shape index (κ2) is 8.00. The van der Waals surface area contributed by atoms with E-state index in [9.17, 15) is 14.4 Å². The molecule has 29 heavy (non-hydrogen) atoms. The summed E-state index contributed by atoms with van der Waals surface area (Å²) in [5.41, 5.74) is 1.97. The molecule has 0 aromatic heterocycles. The Balaban J connectivity index is 1.46. The summed E-state index contributed by atoms with van der Waals surface area (Å²) < 4.78 is 10.5. The maximum Gasteiger partial charge on any atom is 0.244 e. The molecule has 1 fully saturated rings. The lowest BCUT2D eigenvalue weighted by molar-refractivity contribution is -0.129. The fraction of sp³-hybridized carbons (Fsp3) is 0.190. The Kier molecular flexibility index (Phi) is 5.26. The Morgan fingerprint density at radius 1 is 1.17 bits per heavy atom. The molecule has 0 spiro atoms. The van der Waals surface area contributed by atoms with E-state index in [2.05, 4.69) is 5.32 Å². The molecular formula is C21H18N2O5S. The summed E-state index contributed by atoms with van der Waals surface area (Å²) in [7, 11) is 0.